The van der Waals surface area contributed by atoms with Crippen LogP contribution in [0.4, 0.5) is 17.6 Å². The van der Waals surface area contributed by atoms with Crippen LogP contribution in [0.1, 0.15) is 43.4 Å². The summed E-state index contributed by atoms with van der Waals surface area (Å²) < 4.78 is 52.0. The summed E-state index contributed by atoms with van der Waals surface area (Å²) in [5, 5.41) is 3.30. The van der Waals surface area contributed by atoms with E-state index in [0.29, 0.717) is 29.9 Å². The maximum Gasteiger partial charge on any atom is 0.419 e. The third-order valence-electron chi connectivity index (χ3n) is 4.94. The van der Waals surface area contributed by atoms with Crippen LogP contribution in [-0.4, -0.2) is 6.54 Å². The first-order valence-corrected chi connectivity index (χ1v) is 7.53. The second kappa shape index (κ2) is 5.27. The molecule has 0 aromatic heterocycles. The number of hydrogen-bond donors (Lipinski definition) is 1. The Morgan fingerprint density at radius 2 is 1.90 bits per heavy atom. The number of hydrogen-bond acceptors (Lipinski definition) is 1. The van der Waals surface area contributed by atoms with Crippen molar-refractivity contribution in [3.63, 3.8) is 0 Å². The number of alkyl halides is 3. The third-order valence-corrected chi connectivity index (χ3v) is 4.94. The molecule has 5 heteroatoms. The highest BCUT2D eigenvalue weighted by atomic mass is 19.4. The molecular formula is C16H19F4N. The maximum atomic E-state index is 13.4. The summed E-state index contributed by atoms with van der Waals surface area (Å²) in [7, 11) is 0. The monoisotopic (exact) mass is 301 g/mol. The lowest BCUT2D eigenvalue weighted by atomic mass is 9.95. The molecule has 0 heterocycles. The summed E-state index contributed by atoms with van der Waals surface area (Å²) in [5.41, 5.74) is -0.598. The summed E-state index contributed by atoms with van der Waals surface area (Å²) in [6, 6.07) is 3.33. The zero-order valence-electron chi connectivity index (χ0n) is 11.9. The Kier molecular flexibility index (Phi) is 3.72. The topological polar surface area (TPSA) is 12.0 Å². The van der Waals surface area contributed by atoms with Crippen molar-refractivity contribution in [2.45, 2.75) is 38.4 Å². The van der Waals surface area contributed by atoms with E-state index in [0.717, 1.165) is 12.1 Å². The van der Waals surface area contributed by atoms with Crippen LogP contribution in [0.15, 0.2) is 18.2 Å². The second-order valence-electron chi connectivity index (χ2n) is 6.11. The fraction of sp³-hybridized carbons (Fsp3) is 0.625. The fourth-order valence-electron chi connectivity index (χ4n) is 4.02. The van der Waals surface area contributed by atoms with Gasteiger partial charge in [0.25, 0.3) is 0 Å². The van der Waals surface area contributed by atoms with Crippen molar-refractivity contribution in [2.75, 3.05) is 6.54 Å². The van der Waals surface area contributed by atoms with Gasteiger partial charge in [-0.3, -0.25) is 0 Å². The van der Waals surface area contributed by atoms with Gasteiger partial charge in [-0.2, -0.15) is 13.2 Å². The predicted molar refractivity (Wildman–Crippen MR) is 72.1 cm³/mol. The minimum Gasteiger partial charge on any atom is -0.310 e. The molecule has 1 nitrogen and oxygen atoms in total. The lowest BCUT2D eigenvalue weighted by molar-refractivity contribution is -0.140. The van der Waals surface area contributed by atoms with Crippen LogP contribution in [0, 0.1) is 23.6 Å². The van der Waals surface area contributed by atoms with Gasteiger partial charge >= 0.3 is 6.18 Å². The van der Waals surface area contributed by atoms with Gasteiger partial charge < -0.3 is 5.32 Å². The number of halogens is 4. The van der Waals surface area contributed by atoms with Gasteiger partial charge in [0.15, 0.2) is 0 Å². The minimum absolute atomic E-state index is 0.0907. The number of rotatable bonds is 4. The molecule has 1 aromatic rings. The van der Waals surface area contributed by atoms with Gasteiger partial charge in [0, 0.05) is 6.04 Å². The first-order chi connectivity index (χ1) is 9.93. The van der Waals surface area contributed by atoms with Crippen LogP contribution in [0.2, 0.25) is 0 Å². The molecule has 0 saturated heterocycles. The summed E-state index contributed by atoms with van der Waals surface area (Å²) in [4.78, 5) is 0. The quantitative estimate of drug-likeness (QED) is 0.805. The molecule has 0 radical (unpaired) electrons. The molecule has 2 saturated carbocycles. The fourth-order valence-corrected chi connectivity index (χ4v) is 4.02. The van der Waals surface area contributed by atoms with E-state index in [1.165, 1.54) is 25.3 Å². The Morgan fingerprint density at radius 1 is 1.24 bits per heavy atom. The molecule has 1 aromatic carbocycles. The van der Waals surface area contributed by atoms with E-state index in [1.54, 1.807) is 0 Å². The predicted octanol–water partition coefficient (Wildman–Crippen LogP) is 4.54. The molecule has 0 spiro atoms. The normalized spacial score (nSPS) is 29.3. The zero-order valence-corrected chi connectivity index (χ0v) is 11.9. The molecule has 2 fully saturated rings. The number of fused-ring (bicyclic) bond motifs is 1. The van der Waals surface area contributed by atoms with Crippen molar-refractivity contribution in [3.8, 4) is 0 Å². The van der Waals surface area contributed by atoms with Crippen molar-refractivity contribution in [3.05, 3.63) is 35.1 Å². The SMILES string of the molecule is CCNC(c1ccc(F)c(C(F)(F)F)c1)C1C2CCCC21. The lowest BCUT2D eigenvalue weighted by Crippen LogP contribution is -2.25. The van der Waals surface area contributed by atoms with Crippen molar-refractivity contribution in [1.82, 2.24) is 5.32 Å². The molecule has 3 unspecified atom stereocenters. The lowest BCUT2D eigenvalue weighted by Gasteiger charge is -2.22. The smallest absolute Gasteiger partial charge is 0.310 e. The summed E-state index contributed by atoms with van der Waals surface area (Å²) in [6.45, 7) is 2.64. The summed E-state index contributed by atoms with van der Waals surface area (Å²) in [5.74, 6) is 0.476. The Bertz CT molecular complexity index is 515. The Labute approximate surface area is 121 Å². The van der Waals surface area contributed by atoms with E-state index in [1.807, 2.05) is 6.92 Å². The third kappa shape index (κ3) is 2.68. The maximum absolute atomic E-state index is 13.4. The number of nitrogens with one attached hydrogen (secondary N) is 1. The minimum atomic E-state index is -4.64. The first kappa shape index (κ1) is 14.8. The van der Waals surface area contributed by atoms with Crippen LogP contribution >= 0.6 is 0 Å². The van der Waals surface area contributed by atoms with Crippen LogP contribution in [-0.2, 0) is 6.18 Å². The van der Waals surface area contributed by atoms with Gasteiger partial charge in [0.1, 0.15) is 5.82 Å². The molecular weight excluding hydrogens is 282 g/mol. The second-order valence-corrected chi connectivity index (χ2v) is 6.11. The van der Waals surface area contributed by atoms with E-state index in [-0.39, 0.29) is 6.04 Å². The van der Waals surface area contributed by atoms with Crippen molar-refractivity contribution >= 4 is 0 Å². The van der Waals surface area contributed by atoms with Crippen LogP contribution < -0.4 is 5.32 Å². The molecule has 2 aliphatic rings. The van der Waals surface area contributed by atoms with Gasteiger partial charge in [0.2, 0.25) is 0 Å². The zero-order chi connectivity index (χ0) is 15.2. The average Bonchev–Trinajstić information content (AvgIpc) is 2.87. The van der Waals surface area contributed by atoms with Gasteiger partial charge in [-0.05, 0) is 54.8 Å². The van der Waals surface area contributed by atoms with Gasteiger partial charge in [-0.25, -0.2) is 4.39 Å². The molecule has 0 amide bonds. The van der Waals surface area contributed by atoms with E-state index in [4.69, 9.17) is 0 Å². The highest BCUT2D eigenvalue weighted by Gasteiger charge is 2.56. The molecule has 3 rings (SSSR count). The molecule has 0 bridgehead atoms. The van der Waals surface area contributed by atoms with E-state index < -0.39 is 17.6 Å². The van der Waals surface area contributed by atoms with Crippen LogP contribution in [0.5, 0.6) is 0 Å². The molecule has 2 aliphatic carbocycles. The van der Waals surface area contributed by atoms with Gasteiger partial charge in [-0.15, -0.1) is 0 Å². The molecule has 0 aliphatic heterocycles. The van der Waals surface area contributed by atoms with Crippen LogP contribution in [0.25, 0.3) is 0 Å². The Balaban J connectivity index is 1.89. The van der Waals surface area contributed by atoms with E-state index >= 15 is 0 Å². The number of benzene rings is 1. The molecule has 116 valence electrons. The largest absolute Gasteiger partial charge is 0.419 e. The van der Waals surface area contributed by atoms with Crippen molar-refractivity contribution in [2.24, 2.45) is 17.8 Å². The average molecular weight is 301 g/mol. The van der Waals surface area contributed by atoms with E-state index in [9.17, 15) is 17.6 Å². The highest BCUT2D eigenvalue weighted by Crippen LogP contribution is 2.62. The van der Waals surface area contributed by atoms with Crippen molar-refractivity contribution in [1.29, 1.82) is 0 Å². The van der Waals surface area contributed by atoms with Crippen LogP contribution in [0.3, 0.4) is 0 Å². The molecule has 21 heavy (non-hydrogen) atoms. The highest BCUT2D eigenvalue weighted by molar-refractivity contribution is 5.31. The Morgan fingerprint density at radius 3 is 2.48 bits per heavy atom. The summed E-state index contributed by atoms with van der Waals surface area (Å²) >= 11 is 0. The standard InChI is InChI=1S/C16H19F4N/c1-2-21-15(14-10-4-3-5-11(10)14)9-6-7-13(17)12(8-9)16(18,19)20/h6-8,10-11,14-15,21H,2-5H2,1H3. The summed E-state index contributed by atoms with van der Waals surface area (Å²) in [6.07, 6.45) is -1.08. The van der Waals surface area contributed by atoms with Gasteiger partial charge in [-0.1, -0.05) is 19.4 Å². The molecule has 3 atom stereocenters. The van der Waals surface area contributed by atoms with E-state index in [2.05, 4.69) is 5.32 Å². The molecule has 1 N–H and O–H groups in total. The first-order valence-electron chi connectivity index (χ1n) is 7.53. The van der Waals surface area contributed by atoms with Crippen molar-refractivity contribution < 1.29 is 17.6 Å². The Hall–Kier alpha value is -1.10. The van der Waals surface area contributed by atoms with Gasteiger partial charge in [0.05, 0.1) is 5.56 Å².